The van der Waals surface area contributed by atoms with E-state index in [4.69, 9.17) is 4.74 Å². The number of carbonyl (C=O) groups excluding carboxylic acids is 1. The topological polar surface area (TPSA) is 76.6 Å². The van der Waals surface area contributed by atoms with E-state index in [1.807, 2.05) is 12.1 Å². The minimum atomic E-state index is -3.16. The van der Waals surface area contributed by atoms with Crippen LogP contribution >= 0.6 is 0 Å². The van der Waals surface area contributed by atoms with Crippen LogP contribution in [0.15, 0.2) is 24.5 Å². The number of likely N-dealkylation sites (tertiary alicyclic amines) is 1. The maximum Gasteiger partial charge on any atom is 0.225 e. The fraction of sp³-hybridized carbons (Fsp3) is 0.667. The van der Waals surface area contributed by atoms with E-state index in [1.54, 1.807) is 17.3 Å². The maximum absolute atomic E-state index is 12.6. The first-order chi connectivity index (χ1) is 12.0. The van der Waals surface area contributed by atoms with Crippen LogP contribution in [0.3, 0.4) is 0 Å². The second-order valence-electron chi connectivity index (χ2n) is 7.57. The zero-order valence-electron chi connectivity index (χ0n) is 14.3. The average molecular weight is 364 g/mol. The smallest absolute Gasteiger partial charge is 0.225 e. The Kier molecular flexibility index (Phi) is 4.32. The largest absolute Gasteiger partial charge is 0.376 e. The Morgan fingerprint density at radius 2 is 2.12 bits per heavy atom. The number of nitrogens with zero attached hydrogens (tertiary/aromatic N) is 2. The Balaban J connectivity index is 1.38. The lowest BCUT2D eigenvalue weighted by atomic mass is 9.79. The molecule has 25 heavy (non-hydrogen) atoms. The van der Waals surface area contributed by atoms with Crippen LogP contribution in [0.25, 0.3) is 0 Å². The minimum absolute atomic E-state index is 0.0281. The summed E-state index contributed by atoms with van der Waals surface area (Å²) < 4.78 is 30.3. The fourth-order valence-electron chi connectivity index (χ4n) is 4.18. The van der Waals surface area contributed by atoms with Gasteiger partial charge in [-0.3, -0.25) is 9.78 Å². The highest BCUT2D eigenvalue weighted by atomic mass is 32.2. The van der Waals surface area contributed by atoms with Crippen molar-refractivity contribution in [3.63, 3.8) is 0 Å². The van der Waals surface area contributed by atoms with Gasteiger partial charge in [0.05, 0.1) is 19.0 Å². The van der Waals surface area contributed by atoms with Gasteiger partial charge in [-0.2, -0.15) is 0 Å². The average Bonchev–Trinajstić information content (AvgIpc) is 2.76. The zero-order valence-corrected chi connectivity index (χ0v) is 15.1. The summed E-state index contributed by atoms with van der Waals surface area (Å²) in [5, 5.41) is 0. The van der Waals surface area contributed by atoms with Gasteiger partial charge in [0.2, 0.25) is 5.91 Å². The summed E-state index contributed by atoms with van der Waals surface area (Å²) in [7, 11) is -3.16. The van der Waals surface area contributed by atoms with Crippen LogP contribution in [0.5, 0.6) is 0 Å². The van der Waals surface area contributed by atoms with Gasteiger partial charge in [0.15, 0.2) is 9.84 Å². The molecule has 3 aliphatic rings. The van der Waals surface area contributed by atoms with Gasteiger partial charge >= 0.3 is 0 Å². The highest BCUT2D eigenvalue weighted by Gasteiger charge is 2.62. The number of carbonyl (C=O) groups is 1. The molecule has 3 fully saturated rings. The normalized spacial score (nSPS) is 27.0. The summed E-state index contributed by atoms with van der Waals surface area (Å²) in [5.74, 6) is 0.453. The lowest BCUT2D eigenvalue weighted by Crippen LogP contribution is -2.69. The van der Waals surface area contributed by atoms with Crippen LogP contribution in [0, 0.1) is 11.8 Å². The molecule has 3 heterocycles. The molecule has 4 rings (SSSR count). The number of aromatic nitrogens is 1. The third-order valence-corrected chi connectivity index (χ3v) is 8.70. The standard InChI is InChI=1S/C18H24N2O4S/c21-17(15-4-1-5-15)20-12-18(13-20)16(6-8-25(18,22)23)11-24-10-14-3-2-7-19-9-14/h2-3,7,9,15-16H,1,4-6,8,10-13H2/t16-/m1/s1. The summed E-state index contributed by atoms with van der Waals surface area (Å²) >= 11 is 0. The van der Waals surface area contributed by atoms with Crippen molar-refractivity contribution in [1.29, 1.82) is 0 Å². The van der Waals surface area contributed by atoms with Crippen molar-refractivity contribution in [3.8, 4) is 0 Å². The third kappa shape index (κ3) is 2.87. The van der Waals surface area contributed by atoms with E-state index >= 15 is 0 Å². The number of ether oxygens (including phenoxy) is 1. The Morgan fingerprint density at radius 3 is 2.76 bits per heavy atom. The first kappa shape index (κ1) is 17.0. The molecule has 7 heteroatoms. The number of hydrogen-bond donors (Lipinski definition) is 0. The van der Waals surface area contributed by atoms with Crippen molar-refractivity contribution in [3.05, 3.63) is 30.1 Å². The van der Waals surface area contributed by atoms with E-state index < -0.39 is 14.6 Å². The number of hydrogen-bond acceptors (Lipinski definition) is 5. The summed E-state index contributed by atoms with van der Waals surface area (Å²) in [6.07, 6.45) is 7.10. The molecule has 1 saturated carbocycles. The molecule has 2 aliphatic heterocycles. The molecular formula is C18H24N2O4S. The lowest BCUT2D eigenvalue weighted by Gasteiger charge is -2.51. The highest BCUT2D eigenvalue weighted by Crippen LogP contribution is 2.46. The van der Waals surface area contributed by atoms with Crippen molar-refractivity contribution >= 4 is 15.7 Å². The molecule has 2 saturated heterocycles. The van der Waals surface area contributed by atoms with E-state index in [0.29, 0.717) is 32.7 Å². The number of pyridine rings is 1. The molecule has 0 radical (unpaired) electrons. The molecule has 1 spiro atoms. The van der Waals surface area contributed by atoms with Crippen LogP contribution in [0.2, 0.25) is 0 Å². The van der Waals surface area contributed by atoms with Gasteiger partial charge < -0.3 is 9.64 Å². The highest BCUT2D eigenvalue weighted by molar-refractivity contribution is 7.93. The number of sulfone groups is 1. The Bertz CT molecular complexity index is 740. The number of amides is 1. The SMILES string of the molecule is O=C(C1CCC1)N1CC2(C1)[C@@H](COCc1cccnc1)CCS2(=O)=O. The Labute approximate surface area is 148 Å². The molecule has 0 N–H and O–H groups in total. The first-order valence-corrected chi connectivity index (χ1v) is 10.6. The lowest BCUT2D eigenvalue weighted by molar-refractivity contribution is -0.145. The van der Waals surface area contributed by atoms with Gasteiger partial charge in [-0.25, -0.2) is 8.42 Å². The van der Waals surface area contributed by atoms with Crippen molar-refractivity contribution < 1.29 is 17.9 Å². The monoisotopic (exact) mass is 364 g/mol. The molecule has 0 unspecified atom stereocenters. The van der Waals surface area contributed by atoms with Crippen molar-refractivity contribution in [2.24, 2.45) is 11.8 Å². The Morgan fingerprint density at radius 1 is 1.32 bits per heavy atom. The van der Waals surface area contributed by atoms with Gasteiger partial charge in [-0.1, -0.05) is 12.5 Å². The van der Waals surface area contributed by atoms with Crippen molar-refractivity contribution in [2.75, 3.05) is 25.4 Å². The van der Waals surface area contributed by atoms with Crippen molar-refractivity contribution in [1.82, 2.24) is 9.88 Å². The van der Waals surface area contributed by atoms with Crippen molar-refractivity contribution in [2.45, 2.75) is 37.0 Å². The van der Waals surface area contributed by atoms with Gasteiger partial charge in [0, 0.05) is 37.3 Å². The second kappa shape index (κ2) is 6.36. The molecule has 1 aromatic heterocycles. The number of rotatable bonds is 5. The molecular weight excluding hydrogens is 340 g/mol. The summed E-state index contributed by atoms with van der Waals surface area (Å²) in [4.78, 5) is 18.2. The summed E-state index contributed by atoms with van der Waals surface area (Å²) in [6, 6.07) is 3.80. The van der Waals surface area contributed by atoms with E-state index in [-0.39, 0.29) is 23.5 Å². The van der Waals surface area contributed by atoms with Crippen LogP contribution in [0.4, 0.5) is 0 Å². The van der Waals surface area contributed by atoms with Crippen LogP contribution in [0.1, 0.15) is 31.2 Å². The van der Waals surface area contributed by atoms with Crippen LogP contribution in [-0.4, -0.2) is 54.4 Å². The second-order valence-corrected chi connectivity index (χ2v) is 10.0. The fourth-order valence-corrected chi connectivity index (χ4v) is 6.58. The van der Waals surface area contributed by atoms with E-state index in [9.17, 15) is 13.2 Å². The van der Waals surface area contributed by atoms with Crippen LogP contribution in [-0.2, 0) is 26.0 Å². The molecule has 1 aromatic rings. The molecule has 136 valence electrons. The minimum Gasteiger partial charge on any atom is -0.376 e. The van der Waals surface area contributed by atoms with E-state index in [1.165, 1.54) is 0 Å². The van der Waals surface area contributed by atoms with E-state index in [0.717, 1.165) is 24.8 Å². The van der Waals surface area contributed by atoms with E-state index in [2.05, 4.69) is 4.98 Å². The summed E-state index contributed by atoms with van der Waals surface area (Å²) in [6.45, 7) is 1.56. The molecule has 0 bridgehead atoms. The molecule has 6 nitrogen and oxygen atoms in total. The molecule has 0 aromatic carbocycles. The quantitative estimate of drug-likeness (QED) is 0.790. The predicted molar refractivity (Wildman–Crippen MR) is 92.4 cm³/mol. The first-order valence-electron chi connectivity index (χ1n) is 9.00. The van der Waals surface area contributed by atoms with Gasteiger partial charge in [-0.15, -0.1) is 0 Å². The predicted octanol–water partition coefficient (Wildman–Crippen LogP) is 1.41. The summed E-state index contributed by atoms with van der Waals surface area (Å²) in [5.41, 5.74) is 0.979. The molecule has 1 atom stereocenters. The van der Waals surface area contributed by atoms with Crippen LogP contribution < -0.4 is 0 Å². The maximum atomic E-state index is 12.6. The Hall–Kier alpha value is -1.47. The molecule has 1 aliphatic carbocycles. The van der Waals surface area contributed by atoms with Gasteiger partial charge in [0.1, 0.15) is 4.75 Å². The zero-order chi connectivity index (χ0) is 17.5. The van der Waals surface area contributed by atoms with Gasteiger partial charge in [0.25, 0.3) is 0 Å². The third-order valence-electron chi connectivity index (χ3n) is 6.09. The molecule has 1 amide bonds. The van der Waals surface area contributed by atoms with Gasteiger partial charge in [-0.05, 0) is 30.9 Å².